The summed E-state index contributed by atoms with van der Waals surface area (Å²) < 4.78 is 7.50. The van der Waals surface area contributed by atoms with Gasteiger partial charge in [0.15, 0.2) is 0 Å². The van der Waals surface area contributed by atoms with Gasteiger partial charge in [-0.15, -0.1) is 0 Å². The van der Waals surface area contributed by atoms with Crippen molar-refractivity contribution in [1.82, 2.24) is 9.55 Å². The summed E-state index contributed by atoms with van der Waals surface area (Å²) in [6.07, 6.45) is 0. The van der Waals surface area contributed by atoms with Gasteiger partial charge in [0.25, 0.3) is 5.56 Å². The van der Waals surface area contributed by atoms with Gasteiger partial charge in [-0.2, -0.15) is 0 Å². The van der Waals surface area contributed by atoms with Crippen LogP contribution in [0, 0.1) is 0 Å². The Kier molecular flexibility index (Phi) is 5.86. The fourth-order valence-electron chi connectivity index (χ4n) is 3.63. The third-order valence-corrected chi connectivity index (χ3v) is 5.95. The molecule has 0 atom stereocenters. The van der Waals surface area contributed by atoms with Crippen LogP contribution >= 0.6 is 23.2 Å². The highest BCUT2D eigenvalue weighted by atomic mass is 35.5. The molecular weight excluding hydrogens is 455 g/mol. The molecule has 4 aromatic carbocycles. The monoisotopic (exact) mass is 472 g/mol. The largest absolute Gasteiger partial charge is 0.489 e. The Bertz CT molecular complexity index is 1490. The molecule has 0 aliphatic heterocycles. The van der Waals surface area contributed by atoms with Crippen molar-refractivity contribution in [3.05, 3.63) is 123 Å². The van der Waals surface area contributed by atoms with Gasteiger partial charge in [0.05, 0.1) is 16.6 Å². The summed E-state index contributed by atoms with van der Waals surface area (Å²) in [6.45, 7) is 0.354. The quantitative estimate of drug-likeness (QED) is 0.278. The third kappa shape index (κ3) is 4.36. The lowest BCUT2D eigenvalue weighted by Crippen LogP contribution is -2.21. The van der Waals surface area contributed by atoms with Crippen molar-refractivity contribution in [2.75, 3.05) is 0 Å². The van der Waals surface area contributed by atoms with Crippen molar-refractivity contribution in [2.24, 2.45) is 0 Å². The molecule has 5 rings (SSSR count). The normalized spacial score (nSPS) is 11.0. The van der Waals surface area contributed by atoms with Crippen LogP contribution in [-0.2, 0) is 6.61 Å². The number of rotatable bonds is 5. The maximum atomic E-state index is 13.5. The minimum atomic E-state index is -0.143. The molecule has 0 radical (unpaired) electrons. The molecule has 162 valence electrons. The molecule has 0 aliphatic carbocycles. The first-order valence-electron chi connectivity index (χ1n) is 10.3. The van der Waals surface area contributed by atoms with E-state index in [-0.39, 0.29) is 5.56 Å². The Hall–Kier alpha value is -3.60. The van der Waals surface area contributed by atoms with Crippen LogP contribution < -0.4 is 10.3 Å². The van der Waals surface area contributed by atoms with Crippen LogP contribution in [0.3, 0.4) is 0 Å². The first kappa shape index (κ1) is 21.3. The van der Waals surface area contributed by atoms with Crippen LogP contribution in [0.5, 0.6) is 5.75 Å². The molecule has 0 spiro atoms. The maximum absolute atomic E-state index is 13.5. The van der Waals surface area contributed by atoms with E-state index in [9.17, 15) is 4.79 Å². The van der Waals surface area contributed by atoms with Crippen LogP contribution in [-0.4, -0.2) is 9.55 Å². The second-order valence-electron chi connectivity index (χ2n) is 7.47. The predicted molar refractivity (Wildman–Crippen MR) is 134 cm³/mol. The Morgan fingerprint density at radius 2 is 1.48 bits per heavy atom. The first-order valence-corrected chi connectivity index (χ1v) is 11.1. The van der Waals surface area contributed by atoms with Gasteiger partial charge in [-0.1, -0.05) is 53.5 Å². The Morgan fingerprint density at radius 1 is 0.788 bits per heavy atom. The molecule has 0 N–H and O–H groups in total. The van der Waals surface area contributed by atoms with Crippen molar-refractivity contribution < 1.29 is 4.74 Å². The zero-order valence-electron chi connectivity index (χ0n) is 17.4. The van der Waals surface area contributed by atoms with E-state index >= 15 is 0 Å². The molecule has 0 fully saturated rings. The highest BCUT2D eigenvalue weighted by Gasteiger charge is 2.14. The second kappa shape index (κ2) is 9.10. The number of hydrogen-bond acceptors (Lipinski definition) is 3. The highest BCUT2D eigenvalue weighted by Crippen LogP contribution is 2.25. The maximum Gasteiger partial charge on any atom is 0.266 e. The lowest BCUT2D eigenvalue weighted by Gasteiger charge is -2.15. The lowest BCUT2D eigenvalue weighted by atomic mass is 10.1. The number of ether oxygens (including phenoxy) is 1. The van der Waals surface area contributed by atoms with Gasteiger partial charge >= 0.3 is 0 Å². The Balaban J connectivity index is 1.55. The summed E-state index contributed by atoms with van der Waals surface area (Å²) in [5.41, 5.74) is 2.89. The summed E-state index contributed by atoms with van der Waals surface area (Å²) in [7, 11) is 0. The van der Waals surface area contributed by atoms with Gasteiger partial charge in [-0.05, 0) is 66.7 Å². The van der Waals surface area contributed by atoms with Crippen LogP contribution in [0.2, 0.25) is 10.0 Å². The summed E-state index contributed by atoms with van der Waals surface area (Å²) in [4.78, 5) is 18.3. The fourth-order valence-corrected chi connectivity index (χ4v) is 3.95. The molecule has 1 aromatic heterocycles. The number of aromatic nitrogens is 2. The van der Waals surface area contributed by atoms with Crippen molar-refractivity contribution in [2.45, 2.75) is 6.61 Å². The minimum absolute atomic E-state index is 0.143. The van der Waals surface area contributed by atoms with Gasteiger partial charge in [0.1, 0.15) is 18.2 Å². The number of hydrogen-bond donors (Lipinski definition) is 0. The molecule has 0 bridgehead atoms. The summed E-state index contributed by atoms with van der Waals surface area (Å²) in [5.74, 6) is 1.22. The van der Waals surface area contributed by atoms with Crippen molar-refractivity contribution in [1.29, 1.82) is 0 Å². The van der Waals surface area contributed by atoms with E-state index in [1.54, 1.807) is 22.8 Å². The Morgan fingerprint density at radius 3 is 2.24 bits per heavy atom. The molecule has 0 saturated carbocycles. The molecule has 1 heterocycles. The van der Waals surface area contributed by atoms with E-state index in [1.807, 2.05) is 78.9 Å². The molecule has 4 nitrogen and oxygen atoms in total. The van der Waals surface area contributed by atoms with Crippen LogP contribution in [0.15, 0.2) is 102 Å². The lowest BCUT2D eigenvalue weighted by molar-refractivity contribution is 0.306. The summed E-state index contributed by atoms with van der Waals surface area (Å²) in [5, 5.41) is 1.83. The van der Waals surface area contributed by atoms with Gasteiger partial charge < -0.3 is 4.74 Å². The average Bonchev–Trinajstić information content (AvgIpc) is 2.84. The number of para-hydroxylation sites is 1. The molecule has 0 unspecified atom stereocenters. The fraction of sp³-hybridized carbons (Fsp3) is 0.0370. The Labute approximate surface area is 200 Å². The van der Waals surface area contributed by atoms with Crippen molar-refractivity contribution in [3.8, 4) is 22.8 Å². The van der Waals surface area contributed by atoms with Crippen LogP contribution in [0.1, 0.15) is 5.56 Å². The standard InChI is InChI=1S/C27H18Cl2N2O2/c28-20-11-9-18(10-12-20)26-30-25-8-4-2-6-23(25)27(32)31(26)21-13-15-22(16-14-21)33-17-19-5-1-3-7-24(19)29/h1-16H,17H2. The van der Waals surface area contributed by atoms with E-state index in [4.69, 9.17) is 32.9 Å². The molecule has 5 aromatic rings. The summed E-state index contributed by atoms with van der Waals surface area (Å²) >= 11 is 12.3. The second-order valence-corrected chi connectivity index (χ2v) is 8.32. The number of fused-ring (bicyclic) bond motifs is 1. The molecule has 33 heavy (non-hydrogen) atoms. The number of benzene rings is 4. The zero-order chi connectivity index (χ0) is 22.8. The predicted octanol–water partition coefficient (Wildman–Crippen LogP) is 6.94. The van der Waals surface area contributed by atoms with Gasteiger partial charge in [-0.3, -0.25) is 9.36 Å². The van der Waals surface area contributed by atoms with Crippen LogP contribution in [0.25, 0.3) is 28.0 Å². The van der Waals surface area contributed by atoms with E-state index in [0.717, 1.165) is 11.1 Å². The SMILES string of the molecule is O=c1c2ccccc2nc(-c2ccc(Cl)cc2)n1-c1ccc(OCc2ccccc2Cl)cc1. The van der Waals surface area contributed by atoms with E-state index in [0.29, 0.717) is 44.8 Å². The molecular formula is C27H18Cl2N2O2. The van der Waals surface area contributed by atoms with Crippen molar-refractivity contribution in [3.63, 3.8) is 0 Å². The zero-order valence-corrected chi connectivity index (χ0v) is 18.9. The van der Waals surface area contributed by atoms with E-state index in [2.05, 4.69) is 0 Å². The average molecular weight is 473 g/mol. The van der Waals surface area contributed by atoms with Gasteiger partial charge in [0, 0.05) is 21.2 Å². The topological polar surface area (TPSA) is 44.1 Å². The first-order chi connectivity index (χ1) is 16.1. The number of nitrogens with zero attached hydrogens (tertiary/aromatic N) is 2. The summed E-state index contributed by atoms with van der Waals surface area (Å²) in [6, 6.07) is 29.5. The van der Waals surface area contributed by atoms with E-state index < -0.39 is 0 Å². The van der Waals surface area contributed by atoms with Gasteiger partial charge in [-0.25, -0.2) is 4.98 Å². The smallest absolute Gasteiger partial charge is 0.266 e. The van der Waals surface area contributed by atoms with Crippen molar-refractivity contribution >= 4 is 34.1 Å². The number of halogens is 2. The molecule has 0 amide bonds. The van der Waals surface area contributed by atoms with E-state index in [1.165, 1.54) is 0 Å². The minimum Gasteiger partial charge on any atom is -0.489 e. The molecule has 0 saturated heterocycles. The molecule has 0 aliphatic rings. The van der Waals surface area contributed by atoms with Crippen LogP contribution in [0.4, 0.5) is 0 Å². The molecule has 6 heteroatoms. The third-order valence-electron chi connectivity index (χ3n) is 5.33. The van der Waals surface area contributed by atoms with Gasteiger partial charge in [0.2, 0.25) is 0 Å². The highest BCUT2D eigenvalue weighted by molar-refractivity contribution is 6.31.